The standard InChI is InChI=1S/C10H17NO2/c1-7(2)8(12)10(3,4)9(13)11-5-6-11/h7H,5-6H2,1-4H3. The van der Waals surface area contributed by atoms with Crippen molar-refractivity contribution in [1.82, 2.24) is 4.90 Å². The largest absolute Gasteiger partial charge is 0.338 e. The van der Waals surface area contributed by atoms with Gasteiger partial charge in [-0.05, 0) is 13.8 Å². The molecule has 0 aliphatic carbocycles. The van der Waals surface area contributed by atoms with E-state index in [0.717, 1.165) is 13.1 Å². The second kappa shape index (κ2) is 3.13. The van der Waals surface area contributed by atoms with Gasteiger partial charge >= 0.3 is 0 Å². The first-order valence-electron chi connectivity index (χ1n) is 4.71. The van der Waals surface area contributed by atoms with Gasteiger partial charge in [0.15, 0.2) is 0 Å². The van der Waals surface area contributed by atoms with E-state index in [2.05, 4.69) is 0 Å². The lowest BCUT2D eigenvalue weighted by Gasteiger charge is -2.23. The molecule has 0 unspecified atom stereocenters. The maximum absolute atomic E-state index is 11.7. The van der Waals surface area contributed by atoms with Crippen LogP contribution in [0.2, 0.25) is 0 Å². The summed E-state index contributed by atoms with van der Waals surface area (Å²) < 4.78 is 0. The lowest BCUT2D eigenvalue weighted by Crippen LogP contribution is -2.40. The Morgan fingerprint density at radius 3 is 2.00 bits per heavy atom. The summed E-state index contributed by atoms with van der Waals surface area (Å²) in [6.07, 6.45) is 0. The molecule has 0 bridgehead atoms. The minimum atomic E-state index is -0.829. The predicted octanol–water partition coefficient (Wildman–Crippen LogP) is 1.08. The average molecular weight is 183 g/mol. The number of carbonyl (C=O) groups excluding carboxylic acids is 2. The molecule has 0 spiro atoms. The Labute approximate surface area is 79.1 Å². The molecule has 1 fully saturated rings. The molecule has 1 aliphatic rings. The Bertz CT molecular complexity index is 223. The van der Waals surface area contributed by atoms with Crippen molar-refractivity contribution in [2.24, 2.45) is 11.3 Å². The van der Waals surface area contributed by atoms with E-state index in [1.165, 1.54) is 0 Å². The number of Topliss-reactive ketones (excluding diaryl/α,β-unsaturated/α-hetero) is 1. The van der Waals surface area contributed by atoms with E-state index >= 15 is 0 Å². The van der Waals surface area contributed by atoms with Crippen LogP contribution in [0.15, 0.2) is 0 Å². The van der Waals surface area contributed by atoms with E-state index in [1.54, 1.807) is 18.7 Å². The Balaban J connectivity index is 2.73. The van der Waals surface area contributed by atoms with Crippen LogP contribution >= 0.6 is 0 Å². The van der Waals surface area contributed by atoms with Gasteiger partial charge in [-0.15, -0.1) is 0 Å². The summed E-state index contributed by atoms with van der Waals surface area (Å²) in [5, 5.41) is 0. The first kappa shape index (κ1) is 10.2. The fraction of sp³-hybridized carbons (Fsp3) is 0.800. The molecule has 3 heteroatoms. The third kappa shape index (κ3) is 1.90. The van der Waals surface area contributed by atoms with E-state index < -0.39 is 5.41 Å². The maximum Gasteiger partial charge on any atom is 0.235 e. The summed E-state index contributed by atoms with van der Waals surface area (Å²) in [5.74, 6) is -0.0606. The second-order valence-corrected chi connectivity index (χ2v) is 4.44. The van der Waals surface area contributed by atoms with Crippen molar-refractivity contribution in [3.63, 3.8) is 0 Å². The molecule has 1 rings (SSSR count). The molecule has 74 valence electrons. The van der Waals surface area contributed by atoms with Crippen LogP contribution < -0.4 is 0 Å². The predicted molar refractivity (Wildman–Crippen MR) is 50.2 cm³/mol. The number of hydrogen-bond acceptors (Lipinski definition) is 2. The van der Waals surface area contributed by atoms with Crippen LogP contribution in [0.5, 0.6) is 0 Å². The van der Waals surface area contributed by atoms with Gasteiger partial charge in [0.05, 0.1) is 0 Å². The van der Waals surface area contributed by atoms with Gasteiger partial charge in [0, 0.05) is 19.0 Å². The van der Waals surface area contributed by atoms with Crippen LogP contribution in [0.4, 0.5) is 0 Å². The molecule has 0 aromatic carbocycles. The SMILES string of the molecule is CC(C)C(=O)C(C)(C)C(=O)N1CC1. The van der Waals surface area contributed by atoms with Crippen LogP contribution in [0.25, 0.3) is 0 Å². The molecule has 0 saturated carbocycles. The number of carbonyl (C=O) groups is 2. The van der Waals surface area contributed by atoms with Crippen LogP contribution in [0.1, 0.15) is 27.7 Å². The molecule has 3 nitrogen and oxygen atoms in total. The van der Waals surface area contributed by atoms with Gasteiger partial charge in [0.2, 0.25) is 5.91 Å². The van der Waals surface area contributed by atoms with Gasteiger partial charge in [-0.3, -0.25) is 9.59 Å². The van der Waals surface area contributed by atoms with E-state index in [1.807, 2.05) is 13.8 Å². The van der Waals surface area contributed by atoms with E-state index in [0.29, 0.717) is 0 Å². The van der Waals surface area contributed by atoms with E-state index in [9.17, 15) is 9.59 Å². The Morgan fingerprint density at radius 2 is 1.69 bits per heavy atom. The highest BCUT2D eigenvalue weighted by Crippen LogP contribution is 2.26. The number of amides is 1. The molecule has 1 amide bonds. The van der Waals surface area contributed by atoms with Crippen LogP contribution in [0.3, 0.4) is 0 Å². The summed E-state index contributed by atoms with van der Waals surface area (Å²) in [4.78, 5) is 25.1. The highest BCUT2D eigenvalue weighted by atomic mass is 16.2. The van der Waals surface area contributed by atoms with E-state index in [-0.39, 0.29) is 17.6 Å². The Hall–Kier alpha value is -0.860. The Kier molecular flexibility index (Phi) is 2.46. The molecule has 1 aliphatic heterocycles. The third-order valence-corrected chi connectivity index (χ3v) is 2.41. The zero-order valence-electron chi connectivity index (χ0n) is 8.76. The number of hydrogen-bond donors (Lipinski definition) is 0. The lowest BCUT2D eigenvalue weighted by molar-refractivity contribution is -0.145. The van der Waals surface area contributed by atoms with Crippen LogP contribution in [-0.2, 0) is 9.59 Å². The van der Waals surface area contributed by atoms with Crippen molar-refractivity contribution >= 4 is 11.7 Å². The fourth-order valence-corrected chi connectivity index (χ4v) is 1.48. The number of nitrogens with zero attached hydrogens (tertiary/aromatic N) is 1. The van der Waals surface area contributed by atoms with Crippen LogP contribution in [0, 0.1) is 11.3 Å². The van der Waals surface area contributed by atoms with Gasteiger partial charge < -0.3 is 4.90 Å². The maximum atomic E-state index is 11.7. The molecular formula is C10H17NO2. The Morgan fingerprint density at radius 1 is 1.23 bits per heavy atom. The van der Waals surface area contributed by atoms with Crippen molar-refractivity contribution in [3.8, 4) is 0 Å². The summed E-state index contributed by atoms with van der Waals surface area (Å²) in [7, 11) is 0. The topological polar surface area (TPSA) is 37.1 Å². The molecule has 0 aromatic rings. The monoisotopic (exact) mass is 183 g/mol. The molecule has 0 N–H and O–H groups in total. The van der Waals surface area contributed by atoms with Gasteiger partial charge in [-0.25, -0.2) is 0 Å². The van der Waals surface area contributed by atoms with E-state index in [4.69, 9.17) is 0 Å². The average Bonchev–Trinajstić information content (AvgIpc) is 2.83. The minimum Gasteiger partial charge on any atom is -0.338 e. The van der Waals surface area contributed by atoms with Gasteiger partial charge in [-0.2, -0.15) is 0 Å². The summed E-state index contributed by atoms with van der Waals surface area (Å²) in [6, 6.07) is 0. The molecule has 0 aromatic heterocycles. The highest BCUT2D eigenvalue weighted by Gasteiger charge is 2.42. The summed E-state index contributed by atoms with van der Waals surface area (Å²) >= 11 is 0. The fourth-order valence-electron chi connectivity index (χ4n) is 1.48. The molecule has 0 atom stereocenters. The molecule has 1 saturated heterocycles. The number of ketones is 1. The van der Waals surface area contributed by atoms with Gasteiger partial charge in [0.1, 0.15) is 11.2 Å². The first-order chi connectivity index (χ1) is 5.87. The van der Waals surface area contributed by atoms with Crippen molar-refractivity contribution in [3.05, 3.63) is 0 Å². The lowest BCUT2D eigenvalue weighted by atomic mass is 9.81. The van der Waals surface area contributed by atoms with Crippen molar-refractivity contribution < 1.29 is 9.59 Å². The first-order valence-corrected chi connectivity index (χ1v) is 4.71. The highest BCUT2D eigenvalue weighted by molar-refractivity contribution is 6.06. The van der Waals surface area contributed by atoms with Gasteiger partial charge in [0.25, 0.3) is 0 Å². The molecule has 13 heavy (non-hydrogen) atoms. The normalized spacial score (nSPS) is 16.2. The van der Waals surface area contributed by atoms with Crippen molar-refractivity contribution in [2.45, 2.75) is 27.7 Å². The summed E-state index contributed by atoms with van der Waals surface area (Å²) in [6.45, 7) is 8.73. The molecule has 1 heterocycles. The van der Waals surface area contributed by atoms with Crippen molar-refractivity contribution in [2.75, 3.05) is 13.1 Å². The zero-order valence-corrected chi connectivity index (χ0v) is 8.76. The van der Waals surface area contributed by atoms with Gasteiger partial charge in [-0.1, -0.05) is 13.8 Å². The molecule has 0 radical (unpaired) electrons. The number of rotatable bonds is 3. The molecular weight excluding hydrogens is 166 g/mol. The smallest absolute Gasteiger partial charge is 0.235 e. The summed E-state index contributed by atoms with van der Waals surface area (Å²) in [5.41, 5.74) is -0.829. The zero-order chi connectivity index (χ0) is 10.2. The minimum absolute atomic E-state index is 0.0220. The van der Waals surface area contributed by atoms with Crippen molar-refractivity contribution in [1.29, 1.82) is 0 Å². The third-order valence-electron chi connectivity index (χ3n) is 2.41. The second-order valence-electron chi connectivity index (χ2n) is 4.44. The quantitative estimate of drug-likeness (QED) is 0.485. The van der Waals surface area contributed by atoms with Crippen LogP contribution in [-0.4, -0.2) is 29.7 Å².